The number of ether oxygens (including phenoxy) is 1. The number of methoxy groups -OCH3 is 1. The zero-order valence-corrected chi connectivity index (χ0v) is 28.4. The van der Waals surface area contributed by atoms with E-state index < -0.39 is 35.5 Å². The van der Waals surface area contributed by atoms with Gasteiger partial charge in [-0.2, -0.15) is 0 Å². The summed E-state index contributed by atoms with van der Waals surface area (Å²) >= 11 is 0. The van der Waals surface area contributed by atoms with E-state index >= 15 is 0 Å². The number of hydrogen-bond acceptors (Lipinski definition) is 6. The SMILES string of the molecule is CC[C@H](C)[C@@]1(NC(C)=O)CCN([C@@H](CCc2ccccc2)C(=O)N[C@@H](Cc2ccccc2F)[C@H](O)CNCc2cccc(OC)c2)C1=O. The second-order valence-corrected chi connectivity index (χ2v) is 12.7. The van der Waals surface area contributed by atoms with Gasteiger partial charge in [0.2, 0.25) is 17.7 Å². The third kappa shape index (κ3) is 9.20. The maximum atomic E-state index is 14.8. The second-order valence-electron chi connectivity index (χ2n) is 12.7. The van der Waals surface area contributed by atoms with Crippen molar-refractivity contribution in [3.8, 4) is 5.75 Å². The number of nitrogens with one attached hydrogen (secondary N) is 3. The van der Waals surface area contributed by atoms with Gasteiger partial charge < -0.3 is 30.7 Å². The van der Waals surface area contributed by atoms with Gasteiger partial charge in [0.15, 0.2) is 0 Å². The van der Waals surface area contributed by atoms with Crippen LogP contribution in [0.1, 0.15) is 56.7 Å². The summed E-state index contributed by atoms with van der Waals surface area (Å²) < 4.78 is 20.2. The molecule has 1 aliphatic heterocycles. The van der Waals surface area contributed by atoms with E-state index in [1.54, 1.807) is 30.2 Å². The van der Waals surface area contributed by atoms with Crippen molar-refractivity contribution in [2.24, 2.45) is 5.92 Å². The Bertz CT molecular complexity index is 1520. The molecule has 5 atom stereocenters. The van der Waals surface area contributed by atoms with Gasteiger partial charge in [-0.05, 0) is 66.5 Å². The van der Waals surface area contributed by atoms with Gasteiger partial charge in [0, 0.05) is 26.6 Å². The van der Waals surface area contributed by atoms with Crippen molar-refractivity contribution in [1.82, 2.24) is 20.9 Å². The molecule has 3 aromatic rings. The van der Waals surface area contributed by atoms with Crippen LogP contribution in [-0.2, 0) is 33.8 Å². The van der Waals surface area contributed by atoms with Crippen LogP contribution in [0.4, 0.5) is 4.39 Å². The number of aliphatic hydroxyl groups excluding tert-OH is 1. The van der Waals surface area contributed by atoms with E-state index in [1.807, 2.05) is 68.4 Å². The Morgan fingerprint density at radius 2 is 1.75 bits per heavy atom. The molecule has 3 amide bonds. The van der Waals surface area contributed by atoms with E-state index in [4.69, 9.17) is 4.74 Å². The molecule has 0 spiro atoms. The number of hydrogen-bond donors (Lipinski definition) is 4. The Labute approximate surface area is 283 Å². The lowest BCUT2D eigenvalue weighted by Gasteiger charge is -2.36. The number of benzene rings is 3. The molecule has 48 heavy (non-hydrogen) atoms. The van der Waals surface area contributed by atoms with Gasteiger partial charge in [0.25, 0.3) is 0 Å². The van der Waals surface area contributed by atoms with Crippen molar-refractivity contribution >= 4 is 17.7 Å². The molecule has 258 valence electrons. The first-order chi connectivity index (χ1) is 23.1. The summed E-state index contributed by atoms with van der Waals surface area (Å²) in [5, 5.41) is 20.6. The predicted octanol–water partition coefficient (Wildman–Crippen LogP) is 4.17. The van der Waals surface area contributed by atoms with Gasteiger partial charge >= 0.3 is 0 Å². The largest absolute Gasteiger partial charge is 0.497 e. The highest BCUT2D eigenvalue weighted by atomic mass is 19.1. The molecule has 10 heteroatoms. The molecule has 3 aromatic carbocycles. The standard InChI is InChI=1S/C38H49FN4O5/c1-5-26(2)38(42-27(3)44)20-21-43(37(38)47)34(19-18-28-12-7-6-8-13-28)36(46)41-33(23-30-15-9-10-17-32(30)39)35(45)25-40-24-29-14-11-16-31(22-29)48-4/h6-17,22,26,33-35,40,45H,5,18-21,23-25H2,1-4H3,(H,41,46)(H,42,44)/t26-,33-,34-,35+,38-/m0/s1. The van der Waals surface area contributed by atoms with Crippen molar-refractivity contribution in [3.63, 3.8) is 0 Å². The molecular weight excluding hydrogens is 611 g/mol. The van der Waals surface area contributed by atoms with Gasteiger partial charge in [-0.1, -0.05) is 80.9 Å². The number of aliphatic hydroxyl groups is 1. The van der Waals surface area contributed by atoms with Gasteiger partial charge in [0.1, 0.15) is 23.1 Å². The number of carbonyl (C=O) groups is 3. The molecule has 1 aliphatic rings. The van der Waals surface area contributed by atoms with Gasteiger partial charge in [-0.15, -0.1) is 0 Å². The van der Waals surface area contributed by atoms with Crippen LogP contribution in [0.25, 0.3) is 0 Å². The number of carbonyl (C=O) groups excluding carboxylic acids is 3. The van der Waals surface area contributed by atoms with Crippen LogP contribution in [0.2, 0.25) is 0 Å². The highest BCUT2D eigenvalue weighted by Gasteiger charge is 2.53. The summed E-state index contributed by atoms with van der Waals surface area (Å²) in [6.45, 7) is 6.16. The minimum Gasteiger partial charge on any atom is -0.497 e. The Balaban J connectivity index is 1.58. The first-order valence-corrected chi connectivity index (χ1v) is 16.8. The van der Waals surface area contributed by atoms with Crippen molar-refractivity contribution < 1.29 is 28.6 Å². The fourth-order valence-electron chi connectivity index (χ4n) is 6.55. The van der Waals surface area contributed by atoms with Crippen LogP contribution in [0, 0.1) is 11.7 Å². The zero-order valence-electron chi connectivity index (χ0n) is 28.4. The topological polar surface area (TPSA) is 120 Å². The van der Waals surface area contributed by atoms with Crippen molar-refractivity contribution in [2.45, 2.75) is 83.1 Å². The third-order valence-electron chi connectivity index (χ3n) is 9.48. The Morgan fingerprint density at radius 3 is 2.44 bits per heavy atom. The number of amides is 3. The zero-order chi connectivity index (χ0) is 34.7. The first-order valence-electron chi connectivity index (χ1n) is 16.8. The number of rotatable bonds is 17. The van der Waals surface area contributed by atoms with E-state index in [2.05, 4.69) is 16.0 Å². The van der Waals surface area contributed by atoms with Crippen molar-refractivity contribution in [2.75, 3.05) is 20.2 Å². The molecule has 1 saturated heterocycles. The molecule has 1 heterocycles. The van der Waals surface area contributed by atoms with E-state index in [9.17, 15) is 23.9 Å². The summed E-state index contributed by atoms with van der Waals surface area (Å²) in [5.41, 5.74) is 1.21. The fourth-order valence-corrected chi connectivity index (χ4v) is 6.55. The number of halogens is 1. The average Bonchev–Trinajstić information content (AvgIpc) is 3.40. The highest BCUT2D eigenvalue weighted by Crippen LogP contribution is 2.34. The molecule has 4 N–H and O–H groups in total. The van der Waals surface area contributed by atoms with Crippen molar-refractivity contribution in [1.29, 1.82) is 0 Å². The van der Waals surface area contributed by atoms with Crippen LogP contribution in [-0.4, -0.2) is 71.7 Å². The Kier molecular flexibility index (Phi) is 13.1. The van der Waals surface area contributed by atoms with E-state index in [0.29, 0.717) is 50.1 Å². The van der Waals surface area contributed by atoms with Gasteiger partial charge in [0.05, 0.1) is 19.3 Å². The third-order valence-corrected chi connectivity index (χ3v) is 9.48. The lowest BCUT2D eigenvalue weighted by atomic mass is 9.81. The Morgan fingerprint density at radius 1 is 1.04 bits per heavy atom. The molecule has 0 radical (unpaired) electrons. The van der Waals surface area contributed by atoms with Crippen molar-refractivity contribution in [3.05, 3.63) is 101 Å². The van der Waals surface area contributed by atoms with Crippen LogP contribution in [0.15, 0.2) is 78.9 Å². The van der Waals surface area contributed by atoms with Crippen LogP contribution < -0.4 is 20.7 Å². The van der Waals surface area contributed by atoms with Crippen LogP contribution in [0.5, 0.6) is 5.75 Å². The van der Waals surface area contributed by atoms with Gasteiger partial charge in [-0.25, -0.2) is 4.39 Å². The normalized spacial score (nSPS) is 18.5. The first kappa shape index (κ1) is 36.6. The summed E-state index contributed by atoms with van der Waals surface area (Å²) in [4.78, 5) is 42.4. The molecule has 0 unspecified atom stereocenters. The van der Waals surface area contributed by atoms with Gasteiger partial charge in [-0.3, -0.25) is 14.4 Å². The molecule has 4 rings (SSSR count). The monoisotopic (exact) mass is 660 g/mol. The minimum absolute atomic E-state index is 0.0441. The fraction of sp³-hybridized carbons (Fsp3) is 0.447. The molecule has 0 aromatic heterocycles. The number of likely N-dealkylation sites (tertiary alicyclic amines) is 1. The van der Waals surface area contributed by atoms with Crippen LogP contribution in [0.3, 0.4) is 0 Å². The summed E-state index contributed by atoms with van der Waals surface area (Å²) in [7, 11) is 1.60. The minimum atomic E-state index is -1.11. The predicted molar refractivity (Wildman–Crippen MR) is 184 cm³/mol. The quantitative estimate of drug-likeness (QED) is 0.173. The molecule has 0 aliphatic carbocycles. The summed E-state index contributed by atoms with van der Waals surface area (Å²) in [6.07, 6.45) is 0.867. The second kappa shape index (κ2) is 17.2. The molecule has 9 nitrogen and oxygen atoms in total. The highest BCUT2D eigenvalue weighted by molar-refractivity contribution is 5.96. The summed E-state index contributed by atoms with van der Waals surface area (Å²) in [5.74, 6) is -0.888. The molecule has 0 bridgehead atoms. The molecular formula is C38H49FN4O5. The lowest BCUT2D eigenvalue weighted by molar-refractivity contribution is -0.144. The Hall–Kier alpha value is -4.28. The lowest BCUT2D eigenvalue weighted by Crippen LogP contribution is -2.60. The average molecular weight is 661 g/mol. The van der Waals surface area contributed by atoms with E-state index in [0.717, 1.165) is 11.1 Å². The van der Waals surface area contributed by atoms with Crippen LogP contribution >= 0.6 is 0 Å². The molecule has 0 saturated carbocycles. The maximum absolute atomic E-state index is 14.8. The smallest absolute Gasteiger partial charge is 0.249 e. The van der Waals surface area contributed by atoms with E-state index in [-0.39, 0.29) is 30.7 Å². The maximum Gasteiger partial charge on any atom is 0.249 e. The molecule has 1 fully saturated rings. The van der Waals surface area contributed by atoms with E-state index in [1.165, 1.54) is 13.0 Å². The summed E-state index contributed by atoms with van der Waals surface area (Å²) in [6, 6.07) is 21.8. The number of nitrogens with zero attached hydrogens (tertiary/aromatic N) is 1. The number of aryl methyl sites for hydroxylation is 1.